The van der Waals surface area contributed by atoms with Gasteiger partial charge in [0.15, 0.2) is 0 Å². The predicted octanol–water partition coefficient (Wildman–Crippen LogP) is 3.40. The van der Waals surface area contributed by atoms with Crippen LogP contribution in [0.15, 0.2) is 24.3 Å². The van der Waals surface area contributed by atoms with E-state index in [1.54, 1.807) is 0 Å². The number of benzene rings is 1. The lowest BCUT2D eigenvalue weighted by Gasteiger charge is -1.99. The van der Waals surface area contributed by atoms with Crippen molar-refractivity contribution in [1.29, 1.82) is 0 Å². The van der Waals surface area contributed by atoms with Crippen LogP contribution in [-0.4, -0.2) is 0 Å². The molecule has 0 N–H and O–H groups in total. The molecule has 0 radical (unpaired) electrons. The minimum Gasteiger partial charge on any atom is -0.0614 e. The van der Waals surface area contributed by atoms with Gasteiger partial charge < -0.3 is 0 Å². The van der Waals surface area contributed by atoms with Gasteiger partial charge in [-0.2, -0.15) is 0 Å². The maximum Gasteiger partial charge on any atom is 0.343 e. The van der Waals surface area contributed by atoms with Crippen molar-refractivity contribution in [2.24, 2.45) is 0 Å². The first-order valence-corrected chi connectivity index (χ1v) is 3.75. The van der Waals surface area contributed by atoms with Gasteiger partial charge in [-0.3, -0.25) is 0 Å². The van der Waals surface area contributed by atoms with E-state index in [4.69, 9.17) is 6.57 Å². The lowest BCUT2D eigenvalue weighted by atomic mass is 10.0. The minimum atomic E-state index is 0.485. The Morgan fingerprint density at radius 2 is 1.91 bits per heavy atom. The molecule has 1 nitrogen and oxygen atoms in total. The molecule has 0 saturated heterocycles. The van der Waals surface area contributed by atoms with E-state index in [-0.39, 0.29) is 0 Å². The summed E-state index contributed by atoms with van der Waals surface area (Å²) in [4.78, 5) is 3.69. The lowest BCUT2D eigenvalue weighted by Crippen LogP contribution is -1.85. The summed E-state index contributed by atoms with van der Waals surface area (Å²) in [5, 5.41) is 0. The molecule has 1 rings (SSSR count). The Morgan fingerprint density at radius 1 is 1.27 bits per heavy atom. The van der Waals surface area contributed by atoms with Gasteiger partial charge in [0.05, 0.1) is 0 Å². The van der Waals surface area contributed by atoms with E-state index >= 15 is 0 Å². The first-order chi connectivity index (χ1) is 5.25. The molecule has 0 aliphatic rings. The highest BCUT2D eigenvalue weighted by Crippen LogP contribution is 2.25. The van der Waals surface area contributed by atoms with E-state index in [1.807, 2.05) is 18.2 Å². The zero-order chi connectivity index (χ0) is 8.27. The second kappa shape index (κ2) is 3.21. The van der Waals surface area contributed by atoms with Crippen molar-refractivity contribution in [3.63, 3.8) is 0 Å². The lowest BCUT2D eigenvalue weighted by molar-refractivity contribution is 0.871. The maximum absolute atomic E-state index is 5.21. The van der Waals surface area contributed by atoms with Crippen LogP contribution in [0.25, 0.3) is 4.85 Å². The number of hydrogen-bond donors (Lipinski definition) is 0. The van der Waals surface area contributed by atoms with Crippen molar-refractivity contribution in [2.75, 3.05) is 0 Å². The van der Waals surface area contributed by atoms with Gasteiger partial charge in [-0.1, -0.05) is 32.0 Å². The summed E-state index contributed by atoms with van der Waals surface area (Å²) in [5.41, 5.74) is 2.09. The molecule has 0 saturated carbocycles. The van der Waals surface area contributed by atoms with Gasteiger partial charge >= 0.3 is 5.69 Å². The van der Waals surface area contributed by atoms with E-state index in [0.717, 1.165) is 5.69 Å². The first-order valence-electron chi connectivity index (χ1n) is 3.75. The van der Waals surface area contributed by atoms with Crippen molar-refractivity contribution >= 4 is 5.69 Å². The van der Waals surface area contributed by atoms with E-state index in [9.17, 15) is 0 Å². The third-order valence-electron chi connectivity index (χ3n) is 1.70. The van der Waals surface area contributed by atoms with Crippen LogP contribution in [0.1, 0.15) is 25.3 Å². The second-order valence-corrected chi connectivity index (χ2v) is 2.84. The molecule has 0 unspecified atom stereocenters. The topological polar surface area (TPSA) is 4.36 Å². The molecule has 0 aliphatic heterocycles. The highest BCUT2D eigenvalue weighted by Gasteiger charge is 2.11. The largest absolute Gasteiger partial charge is 0.343 e. The predicted molar refractivity (Wildman–Crippen MR) is 48.5 cm³/mol. The van der Waals surface area contributed by atoms with Gasteiger partial charge in [-0.25, -0.2) is 0 Å². The Hall–Kier alpha value is -1.29. The minimum absolute atomic E-state index is 0.485. The average molecular weight is 146 g/mol. The summed E-state index contributed by atoms with van der Waals surface area (Å²) in [5.74, 6) is 0.485. The van der Waals surface area contributed by atoms with Crippen LogP contribution in [-0.2, 0) is 0 Å². The fraction of sp³-hybridized carbons (Fsp3) is 0.300. The van der Waals surface area contributed by atoms with Gasteiger partial charge in [-0.15, -0.1) is 0 Å². The van der Waals surface area contributed by atoms with Crippen LogP contribution in [0.2, 0.25) is 0 Å². The first kappa shape index (κ1) is 7.81. The maximum atomic E-state index is 5.21. The van der Waals surface area contributed by atoms with Gasteiger partial charge in [0.2, 0.25) is 0 Å². The van der Waals surface area contributed by atoms with Crippen LogP contribution in [0.4, 0.5) is 5.69 Å². The molecule has 11 heavy (non-hydrogen) atoms. The fourth-order valence-electron chi connectivity index (χ4n) is 1.09. The van der Waals surface area contributed by atoms with Crippen LogP contribution in [0.5, 0.6) is 0 Å². The van der Waals surface area contributed by atoms with Gasteiger partial charge in [0.1, 0.15) is 0 Å². The third kappa shape index (κ3) is 1.59. The molecule has 1 heteroatoms. The van der Waals surface area contributed by atoms with E-state index in [0.29, 0.717) is 5.92 Å². The van der Waals surface area contributed by atoms with Crippen molar-refractivity contribution in [1.82, 2.24) is 0 Å². The van der Waals surface area contributed by atoms with Crippen molar-refractivity contribution in [3.8, 4) is 6.57 Å². The highest BCUT2D eigenvalue weighted by atomic mass is 14.6. The van der Waals surface area contributed by atoms with Crippen molar-refractivity contribution < 1.29 is 0 Å². The van der Waals surface area contributed by atoms with Crippen LogP contribution in [0, 0.1) is 6.57 Å². The van der Waals surface area contributed by atoms with Crippen LogP contribution >= 0.6 is 0 Å². The zero-order valence-corrected chi connectivity index (χ0v) is 6.91. The molecular weight excluding hydrogens is 134 g/mol. The Bertz CT molecular complexity index is 281. The Morgan fingerprint density at radius 3 is 2.36 bits per heavy atom. The summed E-state index contributed by atoms with van der Waals surface area (Å²) < 4.78 is 0. The normalized spacial score (nSPS) is 9.64. The average Bonchev–Trinajstić information content (AvgIpc) is 2.04. The monoisotopic (exact) mass is 146 g/mol. The smallest absolute Gasteiger partial charge is 0.0614 e. The SMILES string of the molecule is C#[N+]c1ccccc1C(C)C. The summed E-state index contributed by atoms with van der Waals surface area (Å²) in [6.07, 6.45) is 0. The molecule has 1 aromatic rings. The number of rotatable bonds is 1. The van der Waals surface area contributed by atoms with Crippen molar-refractivity contribution in [3.05, 3.63) is 34.7 Å². The Labute approximate surface area is 67.5 Å². The van der Waals surface area contributed by atoms with Crippen molar-refractivity contribution in [2.45, 2.75) is 19.8 Å². The molecule has 56 valence electrons. The summed E-state index contributed by atoms with van der Waals surface area (Å²) >= 11 is 0. The molecule has 0 aromatic heterocycles. The zero-order valence-electron chi connectivity index (χ0n) is 6.91. The molecule has 0 spiro atoms. The molecular formula is C10H12N+. The van der Waals surface area contributed by atoms with Gasteiger partial charge in [0.25, 0.3) is 6.57 Å². The molecule has 0 amide bonds. The Balaban J connectivity index is 3.15. The number of hydrogen-bond acceptors (Lipinski definition) is 0. The highest BCUT2D eigenvalue weighted by molar-refractivity contribution is 5.53. The van der Waals surface area contributed by atoms with E-state index < -0.39 is 0 Å². The Kier molecular flexibility index (Phi) is 2.28. The fourth-order valence-corrected chi connectivity index (χ4v) is 1.09. The van der Waals surface area contributed by atoms with E-state index in [1.165, 1.54) is 5.56 Å². The standard InChI is InChI=1S/C10H12N/c1-8(2)9-6-4-5-7-10(9)11-3/h3-8H,1-2H3/q+1. The molecule has 0 atom stereocenters. The molecule has 0 bridgehead atoms. The molecule has 0 fully saturated rings. The van der Waals surface area contributed by atoms with E-state index in [2.05, 4.69) is 24.8 Å². The summed E-state index contributed by atoms with van der Waals surface area (Å²) in [6, 6.07) is 7.92. The summed E-state index contributed by atoms with van der Waals surface area (Å²) in [7, 11) is 0. The second-order valence-electron chi connectivity index (χ2n) is 2.84. The summed E-state index contributed by atoms with van der Waals surface area (Å²) in [6.45, 7) is 9.47. The number of nitrogens with zero attached hydrogens (tertiary/aromatic N) is 1. The quantitative estimate of drug-likeness (QED) is 0.572. The molecule has 0 heterocycles. The van der Waals surface area contributed by atoms with Crippen LogP contribution < -0.4 is 0 Å². The number of para-hydroxylation sites is 1. The van der Waals surface area contributed by atoms with Gasteiger partial charge in [-0.05, 0) is 10.8 Å². The van der Waals surface area contributed by atoms with Crippen LogP contribution in [0.3, 0.4) is 0 Å². The molecule has 0 aliphatic carbocycles. The third-order valence-corrected chi connectivity index (χ3v) is 1.70. The molecule has 1 aromatic carbocycles. The van der Waals surface area contributed by atoms with Gasteiger partial charge in [0, 0.05) is 11.6 Å².